The first-order valence-corrected chi connectivity index (χ1v) is 16.5. The summed E-state index contributed by atoms with van der Waals surface area (Å²) in [4.78, 5) is 0. The van der Waals surface area contributed by atoms with Gasteiger partial charge in [-0.2, -0.15) is 0 Å². The molecule has 0 aromatic heterocycles. The number of unbranched alkanes of at least 4 members (excludes halogenated alkanes) is 8. The largest absolute Gasteiger partial charge is 0.381 e. The van der Waals surface area contributed by atoms with Crippen LogP contribution >= 0.6 is 0 Å². The smallest absolute Gasteiger partial charge is 0.0518 e. The summed E-state index contributed by atoms with van der Waals surface area (Å²) < 4.78 is 11.2. The van der Waals surface area contributed by atoms with E-state index in [2.05, 4.69) is 26.9 Å². The molecule has 0 aromatic rings. The Morgan fingerprint density at radius 1 is 0.724 bits per heavy atom. The van der Waals surface area contributed by atoms with E-state index >= 15 is 0 Å². The van der Waals surface area contributed by atoms with E-state index in [1.807, 2.05) is 0 Å². The normalized spacial score (nSPS) is 24.1. The third kappa shape index (κ3) is 10.3. The van der Waals surface area contributed by atoms with Crippen LogP contribution in [-0.2, 0) is 9.47 Å². The van der Waals surface area contributed by atoms with Crippen LogP contribution in [0.2, 0.25) is 24.7 Å². The van der Waals surface area contributed by atoms with Gasteiger partial charge in [-0.05, 0) is 56.9 Å². The third-order valence-corrected chi connectivity index (χ3v) is 12.1. The van der Waals surface area contributed by atoms with E-state index in [4.69, 9.17) is 9.47 Å². The summed E-state index contributed by atoms with van der Waals surface area (Å²) in [6.45, 7) is 12.2. The molecule has 0 N–H and O–H groups in total. The summed E-state index contributed by atoms with van der Waals surface area (Å²) in [5.41, 5.74) is 1.18. The third-order valence-electron chi connectivity index (χ3n) is 7.74. The van der Waals surface area contributed by atoms with Crippen LogP contribution in [0.5, 0.6) is 0 Å². The minimum atomic E-state index is -0.953. The van der Waals surface area contributed by atoms with Crippen molar-refractivity contribution >= 4 is 8.07 Å². The highest BCUT2D eigenvalue weighted by atomic mass is 28.3. The van der Waals surface area contributed by atoms with Gasteiger partial charge in [0, 0.05) is 19.8 Å². The summed E-state index contributed by atoms with van der Waals surface area (Å²) >= 11 is 0. The molecule has 3 heteroatoms. The monoisotopic (exact) mass is 424 g/mol. The van der Waals surface area contributed by atoms with Crippen molar-refractivity contribution in [2.75, 3.05) is 19.8 Å². The van der Waals surface area contributed by atoms with Gasteiger partial charge in [0.05, 0.1) is 14.2 Å². The Balaban J connectivity index is 1.30. The van der Waals surface area contributed by atoms with Gasteiger partial charge in [0.25, 0.3) is 0 Å². The van der Waals surface area contributed by atoms with Gasteiger partial charge >= 0.3 is 0 Å². The Morgan fingerprint density at radius 2 is 1.34 bits per heavy atom. The number of hydrogen-bond acceptors (Lipinski definition) is 2. The highest BCUT2D eigenvalue weighted by molar-refractivity contribution is 6.78. The van der Waals surface area contributed by atoms with Crippen molar-refractivity contribution in [3.05, 3.63) is 0 Å². The first-order valence-electron chi connectivity index (χ1n) is 13.2. The van der Waals surface area contributed by atoms with Gasteiger partial charge < -0.3 is 9.47 Å². The van der Waals surface area contributed by atoms with E-state index in [1.54, 1.807) is 31.7 Å². The van der Waals surface area contributed by atoms with Crippen LogP contribution in [0.3, 0.4) is 0 Å². The van der Waals surface area contributed by atoms with Crippen LogP contribution in [0.15, 0.2) is 0 Å². The van der Waals surface area contributed by atoms with E-state index < -0.39 is 8.07 Å². The van der Waals surface area contributed by atoms with E-state index in [0.29, 0.717) is 6.10 Å². The van der Waals surface area contributed by atoms with Crippen molar-refractivity contribution in [1.82, 2.24) is 0 Å². The van der Waals surface area contributed by atoms with Crippen molar-refractivity contribution in [1.29, 1.82) is 0 Å². The highest BCUT2D eigenvalue weighted by Crippen LogP contribution is 2.56. The van der Waals surface area contributed by atoms with E-state index in [1.165, 1.54) is 63.3 Å². The molecular formula is C26H52O2Si. The molecule has 0 spiro atoms. The topological polar surface area (TPSA) is 18.5 Å². The van der Waals surface area contributed by atoms with Crippen molar-refractivity contribution < 1.29 is 9.47 Å². The van der Waals surface area contributed by atoms with Crippen LogP contribution in [-0.4, -0.2) is 34.0 Å². The minimum Gasteiger partial charge on any atom is -0.381 e. The molecule has 2 aliphatic carbocycles. The molecule has 2 aliphatic rings. The summed E-state index contributed by atoms with van der Waals surface area (Å²) in [7, 11) is -0.953. The van der Waals surface area contributed by atoms with Gasteiger partial charge in [-0.3, -0.25) is 0 Å². The fourth-order valence-electron chi connectivity index (χ4n) is 5.99. The van der Waals surface area contributed by atoms with Gasteiger partial charge in [0.1, 0.15) is 0 Å². The molecule has 2 rings (SSSR count). The lowest BCUT2D eigenvalue weighted by Gasteiger charge is -2.36. The molecule has 3 atom stereocenters. The summed E-state index contributed by atoms with van der Waals surface area (Å²) in [5.74, 6) is 2.28. The zero-order valence-corrected chi connectivity index (χ0v) is 21.4. The number of hydrogen-bond donors (Lipinski definition) is 0. The molecule has 2 saturated carbocycles. The molecule has 2 bridgehead atoms. The average Bonchev–Trinajstić information content (AvgIpc) is 3.31. The maximum atomic E-state index is 5.69. The predicted molar refractivity (Wildman–Crippen MR) is 130 cm³/mol. The Bertz CT molecular complexity index is 410. The zero-order valence-electron chi connectivity index (χ0n) is 20.4. The molecule has 3 unspecified atom stereocenters. The Kier molecular flexibility index (Phi) is 12.5. The van der Waals surface area contributed by atoms with Gasteiger partial charge in [-0.15, -0.1) is 0 Å². The van der Waals surface area contributed by atoms with E-state index in [-0.39, 0.29) is 0 Å². The second kappa shape index (κ2) is 14.2. The maximum Gasteiger partial charge on any atom is 0.0518 e. The quantitative estimate of drug-likeness (QED) is 0.163. The zero-order chi connectivity index (χ0) is 21.0. The molecule has 0 aromatic carbocycles. The Labute approximate surface area is 183 Å². The van der Waals surface area contributed by atoms with Crippen LogP contribution in [0, 0.1) is 11.8 Å². The number of rotatable bonds is 18. The standard InChI is InChI=1S/C26H52O2Si/c1-23(2)28-19-14-18-27-17-12-10-8-6-5-7-9-11-13-20-29(3,4)26-22-24-15-16-25(26)21-24/h23-26H,5-22H2,1-4H3. The van der Waals surface area contributed by atoms with Crippen molar-refractivity contribution in [2.24, 2.45) is 11.8 Å². The van der Waals surface area contributed by atoms with Gasteiger partial charge in [0.15, 0.2) is 0 Å². The van der Waals surface area contributed by atoms with Gasteiger partial charge in [0.2, 0.25) is 0 Å². The fourth-order valence-corrected chi connectivity index (χ4v) is 10.1. The molecule has 2 nitrogen and oxygen atoms in total. The molecule has 172 valence electrons. The first kappa shape index (κ1) is 25.4. The second-order valence-electron chi connectivity index (χ2n) is 11.1. The maximum absolute atomic E-state index is 5.69. The average molecular weight is 425 g/mol. The second-order valence-corrected chi connectivity index (χ2v) is 16.3. The number of fused-ring (bicyclic) bond motifs is 2. The summed E-state index contributed by atoms with van der Waals surface area (Å²) in [5, 5.41) is 0. The lowest BCUT2D eigenvalue weighted by atomic mass is 10.0. The van der Waals surface area contributed by atoms with Crippen molar-refractivity contribution in [3.63, 3.8) is 0 Å². The molecular weight excluding hydrogens is 372 g/mol. The predicted octanol–water partition coefficient (Wildman–Crippen LogP) is 8.23. The summed E-state index contributed by atoms with van der Waals surface area (Å²) in [6.07, 6.45) is 20.5. The lowest BCUT2D eigenvalue weighted by Crippen LogP contribution is -2.35. The van der Waals surface area contributed by atoms with E-state index in [0.717, 1.165) is 38.1 Å². The Hall–Kier alpha value is 0.137. The Morgan fingerprint density at radius 3 is 1.93 bits per heavy atom. The van der Waals surface area contributed by atoms with Crippen LogP contribution in [0.25, 0.3) is 0 Å². The molecule has 0 amide bonds. The molecule has 29 heavy (non-hydrogen) atoms. The molecule has 2 fully saturated rings. The SMILES string of the molecule is CC(C)OCCCOCCCCCCCCCCC[Si](C)(C)C1CC2CCC1C2. The van der Waals surface area contributed by atoms with Crippen molar-refractivity contribution in [3.8, 4) is 0 Å². The molecule has 0 radical (unpaired) electrons. The molecule has 0 aliphatic heterocycles. The van der Waals surface area contributed by atoms with Gasteiger partial charge in [-0.1, -0.05) is 83.3 Å². The highest BCUT2D eigenvalue weighted by Gasteiger charge is 2.46. The van der Waals surface area contributed by atoms with E-state index in [9.17, 15) is 0 Å². The van der Waals surface area contributed by atoms with Crippen LogP contribution < -0.4 is 0 Å². The summed E-state index contributed by atoms with van der Waals surface area (Å²) in [6, 6.07) is 1.60. The van der Waals surface area contributed by atoms with Gasteiger partial charge in [-0.25, -0.2) is 0 Å². The fraction of sp³-hybridized carbons (Fsp3) is 1.00. The van der Waals surface area contributed by atoms with Crippen LogP contribution in [0.1, 0.15) is 104 Å². The number of ether oxygens (including phenoxy) is 2. The van der Waals surface area contributed by atoms with Crippen molar-refractivity contribution in [2.45, 2.75) is 135 Å². The van der Waals surface area contributed by atoms with Crippen LogP contribution in [0.4, 0.5) is 0 Å². The molecule has 0 heterocycles. The molecule has 0 saturated heterocycles. The minimum absolute atomic E-state index is 0.343. The lowest BCUT2D eigenvalue weighted by molar-refractivity contribution is 0.0507. The first-order chi connectivity index (χ1) is 14.0.